The molecule has 0 bridgehead atoms. The predicted octanol–water partition coefficient (Wildman–Crippen LogP) is 2.69. The fraction of sp³-hybridized carbons (Fsp3) is 0.533. The summed E-state index contributed by atoms with van der Waals surface area (Å²) >= 11 is 2.24. The topological polar surface area (TPSA) is 44.8 Å². The van der Waals surface area contributed by atoms with Crippen LogP contribution in [0.25, 0.3) is 0 Å². The maximum Gasteiger partial charge on any atom is 0.495 e. The molecular weight excluding hydrogens is 382 g/mol. The Labute approximate surface area is 139 Å². The zero-order chi connectivity index (χ0) is 16.0. The van der Waals surface area contributed by atoms with Crippen LogP contribution in [0, 0.1) is 10.5 Å². The van der Waals surface area contributed by atoms with Crippen LogP contribution >= 0.6 is 22.6 Å². The van der Waals surface area contributed by atoms with Crippen molar-refractivity contribution in [2.45, 2.75) is 45.8 Å². The molecule has 6 heteroatoms. The third-order valence-electron chi connectivity index (χ3n) is 4.26. The fourth-order valence-electron chi connectivity index (χ4n) is 2.17. The van der Waals surface area contributed by atoms with E-state index in [1.807, 2.05) is 46.8 Å². The maximum atomic E-state index is 11.9. The van der Waals surface area contributed by atoms with Gasteiger partial charge in [-0.05, 0) is 80.4 Å². The number of carbonyl (C=O) groups is 1. The molecule has 0 atom stereocenters. The van der Waals surface area contributed by atoms with Gasteiger partial charge in [-0.3, -0.25) is 0 Å². The first-order valence-corrected chi connectivity index (χ1v) is 7.91. The number of carbonyl (C=O) groups excluding carboxylic acids is 1. The van der Waals surface area contributed by atoms with E-state index in [4.69, 9.17) is 14.0 Å². The van der Waals surface area contributed by atoms with Crippen molar-refractivity contribution in [2.75, 3.05) is 7.11 Å². The van der Waals surface area contributed by atoms with Crippen LogP contribution in [0.3, 0.4) is 0 Å². The molecule has 0 unspecified atom stereocenters. The third-order valence-corrected chi connectivity index (χ3v) is 5.19. The average Bonchev–Trinajstić information content (AvgIpc) is 2.57. The number of esters is 1. The summed E-state index contributed by atoms with van der Waals surface area (Å²) in [4.78, 5) is 11.9. The van der Waals surface area contributed by atoms with Crippen LogP contribution in [0.4, 0.5) is 0 Å². The zero-order valence-corrected chi connectivity index (χ0v) is 15.4. The predicted molar refractivity (Wildman–Crippen MR) is 91.0 cm³/mol. The molecule has 0 aromatic heterocycles. The summed E-state index contributed by atoms with van der Waals surface area (Å²) < 4.78 is 18.0. The maximum absolute atomic E-state index is 11.9. The van der Waals surface area contributed by atoms with Gasteiger partial charge in [-0.25, -0.2) is 4.79 Å². The van der Waals surface area contributed by atoms with Crippen LogP contribution in [0.5, 0.6) is 0 Å². The highest BCUT2D eigenvalue weighted by Crippen LogP contribution is 2.37. The van der Waals surface area contributed by atoms with E-state index >= 15 is 0 Å². The number of halogens is 1. The molecule has 0 radical (unpaired) electrons. The van der Waals surface area contributed by atoms with E-state index < -0.39 is 18.3 Å². The highest BCUT2D eigenvalue weighted by atomic mass is 127. The Morgan fingerprint density at radius 1 is 1.19 bits per heavy atom. The molecule has 0 amide bonds. The minimum atomic E-state index is -0.481. The molecule has 1 fully saturated rings. The summed E-state index contributed by atoms with van der Waals surface area (Å²) in [6, 6.07) is 3.76. The molecule has 1 aliphatic rings. The Morgan fingerprint density at radius 3 is 2.19 bits per heavy atom. The lowest BCUT2D eigenvalue weighted by atomic mass is 9.77. The van der Waals surface area contributed by atoms with E-state index in [2.05, 4.69) is 22.6 Å². The third kappa shape index (κ3) is 2.98. The first-order chi connectivity index (χ1) is 9.59. The fourth-order valence-corrected chi connectivity index (χ4v) is 3.05. The molecule has 0 aliphatic carbocycles. The summed E-state index contributed by atoms with van der Waals surface area (Å²) in [5, 5.41) is 0. The van der Waals surface area contributed by atoms with Gasteiger partial charge in [-0.15, -0.1) is 0 Å². The van der Waals surface area contributed by atoms with Gasteiger partial charge in [-0.2, -0.15) is 0 Å². The number of rotatable bonds is 2. The SMILES string of the molecule is COC(=O)c1cc(B2OC(C)(C)C(C)(C)O2)c(I)cc1C. The van der Waals surface area contributed by atoms with Gasteiger partial charge in [-0.1, -0.05) is 0 Å². The molecule has 0 saturated carbocycles. The molecule has 1 saturated heterocycles. The molecule has 1 aliphatic heterocycles. The summed E-state index contributed by atoms with van der Waals surface area (Å²) in [6.45, 7) is 9.93. The smallest absolute Gasteiger partial charge is 0.465 e. The second-order valence-electron chi connectivity index (χ2n) is 6.27. The van der Waals surface area contributed by atoms with Crippen LogP contribution in [0.15, 0.2) is 12.1 Å². The minimum absolute atomic E-state index is 0.346. The van der Waals surface area contributed by atoms with Crippen LogP contribution in [-0.4, -0.2) is 31.4 Å². The Bertz CT molecular complexity index is 567. The molecule has 4 nitrogen and oxygen atoms in total. The number of ether oxygens (including phenoxy) is 1. The molecular formula is C15H20BIO4. The van der Waals surface area contributed by atoms with Gasteiger partial charge < -0.3 is 14.0 Å². The molecule has 0 spiro atoms. The van der Waals surface area contributed by atoms with Gasteiger partial charge in [0.15, 0.2) is 0 Å². The summed E-state index contributed by atoms with van der Waals surface area (Å²) in [5.74, 6) is -0.346. The van der Waals surface area contributed by atoms with E-state index in [1.165, 1.54) is 7.11 Å². The van der Waals surface area contributed by atoms with Crippen LogP contribution < -0.4 is 5.46 Å². The molecule has 1 heterocycles. The van der Waals surface area contributed by atoms with Crippen LogP contribution in [0.2, 0.25) is 0 Å². The van der Waals surface area contributed by atoms with Gasteiger partial charge in [0.2, 0.25) is 0 Å². The lowest BCUT2D eigenvalue weighted by Crippen LogP contribution is -2.41. The highest BCUT2D eigenvalue weighted by molar-refractivity contribution is 14.1. The van der Waals surface area contributed by atoms with Crippen LogP contribution in [0.1, 0.15) is 43.6 Å². The van der Waals surface area contributed by atoms with Gasteiger partial charge >= 0.3 is 13.1 Å². The normalized spacial score (nSPS) is 19.7. The van der Waals surface area contributed by atoms with Crippen molar-refractivity contribution in [1.82, 2.24) is 0 Å². The van der Waals surface area contributed by atoms with Crippen molar-refractivity contribution < 1.29 is 18.8 Å². The van der Waals surface area contributed by atoms with Crippen molar-refractivity contribution in [3.05, 3.63) is 26.8 Å². The van der Waals surface area contributed by atoms with E-state index in [-0.39, 0.29) is 5.97 Å². The van der Waals surface area contributed by atoms with Gasteiger partial charge in [0, 0.05) is 3.57 Å². The first-order valence-electron chi connectivity index (χ1n) is 6.83. The quantitative estimate of drug-likeness (QED) is 0.434. The van der Waals surface area contributed by atoms with E-state index in [9.17, 15) is 4.79 Å². The number of methoxy groups -OCH3 is 1. The highest BCUT2D eigenvalue weighted by Gasteiger charge is 2.52. The van der Waals surface area contributed by atoms with Crippen molar-refractivity contribution in [2.24, 2.45) is 0 Å². The number of hydrogen-bond donors (Lipinski definition) is 0. The summed E-state index contributed by atoms with van der Waals surface area (Å²) in [7, 11) is 0.902. The lowest BCUT2D eigenvalue weighted by molar-refractivity contribution is 0.00578. The number of hydrogen-bond acceptors (Lipinski definition) is 4. The second-order valence-corrected chi connectivity index (χ2v) is 7.43. The first kappa shape index (κ1) is 16.8. The van der Waals surface area contributed by atoms with E-state index in [1.54, 1.807) is 0 Å². The zero-order valence-electron chi connectivity index (χ0n) is 13.2. The Kier molecular flexibility index (Phi) is 4.43. The standard InChI is InChI=1S/C15H20BIO4/c1-9-7-12(17)11(8-10(9)13(18)19-6)16-20-14(2,3)15(4,5)21-16/h7-8H,1-6H3. The van der Waals surface area contributed by atoms with Crippen molar-refractivity contribution >= 4 is 41.1 Å². The van der Waals surface area contributed by atoms with Gasteiger partial charge in [0.05, 0.1) is 23.9 Å². The summed E-state index contributed by atoms with van der Waals surface area (Å²) in [6.07, 6.45) is 0. The van der Waals surface area contributed by atoms with E-state index in [0.29, 0.717) is 5.56 Å². The summed E-state index contributed by atoms with van der Waals surface area (Å²) in [5.41, 5.74) is 1.48. The Balaban J connectivity index is 2.44. The van der Waals surface area contributed by atoms with Crippen LogP contribution in [-0.2, 0) is 14.0 Å². The average molecular weight is 402 g/mol. The van der Waals surface area contributed by atoms with Gasteiger partial charge in [0.1, 0.15) is 0 Å². The molecule has 1 aromatic carbocycles. The van der Waals surface area contributed by atoms with Gasteiger partial charge in [0.25, 0.3) is 0 Å². The lowest BCUT2D eigenvalue weighted by Gasteiger charge is -2.32. The van der Waals surface area contributed by atoms with E-state index in [0.717, 1.165) is 14.6 Å². The number of aryl methyl sites for hydroxylation is 1. The monoisotopic (exact) mass is 402 g/mol. The number of benzene rings is 1. The largest absolute Gasteiger partial charge is 0.495 e. The van der Waals surface area contributed by atoms with Crippen molar-refractivity contribution in [3.8, 4) is 0 Å². The molecule has 1 aromatic rings. The van der Waals surface area contributed by atoms with Crippen molar-refractivity contribution in [1.29, 1.82) is 0 Å². The Morgan fingerprint density at radius 2 is 1.71 bits per heavy atom. The van der Waals surface area contributed by atoms with Crippen molar-refractivity contribution in [3.63, 3.8) is 0 Å². The molecule has 0 N–H and O–H groups in total. The molecule has 2 rings (SSSR count). The molecule has 114 valence electrons. The minimum Gasteiger partial charge on any atom is -0.465 e. The second kappa shape index (κ2) is 5.55. The molecule has 21 heavy (non-hydrogen) atoms. The Hall–Kier alpha value is -0.595.